The lowest BCUT2D eigenvalue weighted by Crippen LogP contribution is -2.36. The molecule has 1 nitrogen and oxygen atoms in total. The summed E-state index contributed by atoms with van der Waals surface area (Å²) < 4.78 is 6.48. The maximum atomic E-state index is 6.48. The van der Waals surface area contributed by atoms with Crippen molar-refractivity contribution in [2.75, 3.05) is 0 Å². The summed E-state index contributed by atoms with van der Waals surface area (Å²) in [6.07, 6.45) is 1.99. The number of rotatable bonds is 7. The molecule has 0 N–H and O–H groups in total. The highest BCUT2D eigenvalue weighted by atomic mass is 28.4. The van der Waals surface area contributed by atoms with Crippen molar-refractivity contribution in [2.45, 2.75) is 51.9 Å². The maximum absolute atomic E-state index is 6.48. The molecule has 2 heteroatoms. The highest BCUT2D eigenvalue weighted by Gasteiger charge is 2.31. The molecule has 0 aliphatic rings. The van der Waals surface area contributed by atoms with Gasteiger partial charge >= 0.3 is 0 Å². The minimum atomic E-state index is -1.57. The third-order valence-electron chi connectivity index (χ3n) is 3.93. The molecule has 1 aromatic rings. The lowest BCUT2D eigenvalue weighted by molar-refractivity contribution is 0.238. The van der Waals surface area contributed by atoms with Crippen molar-refractivity contribution in [1.82, 2.24) is 0 Å². The van der Waals surface area contributed by atoms with Crippen molar-refractivity contribution in [3.05, 3.63) is 48.0 Å². The molecule has 0 aliphatic heterocycles. The molecule has 1 aromatic carbocycles. The molecule has 1 atom stereocenters. The molecule has 100 valence electrons. The molecule has 1 unspecified atom stereocenters. The summed E-state index contributed by atoms with van der Waals surface area (Å²) in [5.74, 6) is 0. The van der Waals surface area contributed by atoms with E-state index >= 15 is 0 Å². The predicted molar refractivity (Wildman–Crippen MR) is 82.4 cm³/mol. The van der Waals surface area contributed by atoms with Crippen molar-refractivity contribution in [2.24, 2.45) is 0 Å². The molecule has 0 radical (unpaired) electrons. The third kappa shape index (κ3) is 3.56. The minimum Gasteiger partial charge on any atom is -0.407 e. The molecular formula is C16H26OSi. The van der Waals surface area contributed by atoms with Gasteiger partial charge in [-0.3, -0.25) is 0 Å². The second kappa shape index (κ2) is 6.91. The van der Waals surface area contributed by atoms with Gasteiger partial charge in [-0.2, -0.15) is 0 Å². The zero-order valence-corrected chi connectivity index (χ0v) is 13.2. The number of hydrogen-bond acceptors (Lipinski definition) is 1. The average Bonchev–Trinajstić information content (AvgIpc) is 2.42. The van der Waals surface area contributed by atoms with Crippen molar-refractivity contribution in [1.29, 1.82) is 0 Å². The summed E-state index contributed by atoms with van der Waals surface area (Å²) in [6.45, 7) is 12.8. The molecular weight excluding hydrogens is 236 g/mol. The van der Waals surface area contributed by atoms with Gasteiger partial charge in [0, 0.05) is 0 Å². The van der Waals surface area contributed by atoms with Crippen LogP contribution in [0.3, 0.4) is 0 Å². The first kappa shape index (κ1) is 15.2. The summed E-state index contributed by atoms with van der Waals surface area (Å²) in [4.78, 5) is 0. The highest BCUT2D eigenvalue weighted by molar-refractivity contribution is 6.73. The Hall–Kier alpha value is -0.863. The first-order chi connectivity index (χ1) is 8.60. The minimum absolute atomic E-state index is 0.0529. The van der Waals surface area contributed by atoms with Gasteiger partial charge in [0.1, 0.15) is 0 Å². The lowest BCUT2D eigenvalue weighted by atomic mass is 10.1. The summed E-state index contributed by atoms with van der Waals surface area (Å²) >= 11 is 0. The zero-order valence-electron chi connectivity index (χ0n) is 12.2. The van der Waals surface area contributed by atoms with Crippen LogP contribution < -0.4 is 0 Å². The van der Waals surface area contributed by atoms with E-state index in [9.17, 15) is 0 Å². The normalized spacial score (nSPS) is 13.3. The van der Waals surface area contributed by atoms with Crippen LogP contribution in [-0.4, -0.2) is 8.32 Å². The van der Waals surface area contributed by atoms with E-state index in [-0.39, 0.29) is 6.10 Å². The topological polar surface area (TPSA) is 9.23 Å². The Bertz CT molecular complexity index is 357. The zero-order chi connectivity index (χ0) is 13.6. The van der Waals surface area contributed by atoms with Crippen molar-refractivity contribution < 1.29 is 4.43 Å². The van der Waals surface area contributed by atoms with E-state index in [2.05, 4.69) is 58.5 Å². The molecule has 1 rings (SSSR count). The van der Waals surface area contributed by atoms with E-state index < -0.39 is 8.32 Å². The molecule has 18 heavy (non-hydrogen) atoms. The Morgan fingerprint density at radius 1 is 1.11 bits per heavy atom. The highest BCUT2D eigenvalue weighted by Crippen LogP contribution is 2.30. The Morgan fingerprint density at radius 3 is 2.00 bits per heavy atom. The molecule has 0 spiro atoms. The van der Waals surface area contributed by atoms with Gasteiger partial charge in [0.15, 0.2) is 8.32 Å². The number of hydrogen-bond donors (Lipinski definition) is 0. The van der Waals surface area contributed by atoms with Crippen LogP contribution in [0.2, 0.25) is 18.1 Å². The molecule has 0 bridgehead atoms. The monoisotopic (exact) mass is 262 g/mol. The van der Waals surface area contributed by atoms with Crippen LogP contribution in [0.5, 0.6) is 0 Å². The summed E-state index contributed by atoms with van der Waals surface area (Å²) in [5, 5.41) is 0. The second-order valence-corrected chi connectivity index (χ2v) is 9.65. The van der Waals surface area contributed by atoms with E-state index in [4.69, 9.17) is 4.43 Å². The van der Waals surface area contributed by atoms with Crippen LogP contribution in [0, 0.1) is 6.92 Å². The summed E-state index contributed by atoms with van der Waals surface area (Å²) in [6, 6.07) is 12.1. The first-order valence-corrected chi connectivity index (χ1v) is 9.50. The quantitative estimate of drug-likeness (QED) is 0.482. The fraction of sp³-hybridized carbons (Fsp3) is 0.500. The fourth-order valence-electron chi connectivity index (χ4n) is 2.28. The predicted octanol–water partition coefficient (Wildman–Crippen LogP) is 5.24. The molecule has 0 saturated heterocycles. The molecule has 0 aliphatic carbocycles. The Morgan fingerprint density at radius 2 is 1.61 bits per heavy atom. The van der Waals surface area contributed by atoms with Crippen molar-refractivity contribution in [3.8, 4) is 0 Å². The van der Waals surface area contributed by atoms with E-state index in [1.54, 1.807) is 0 Å². The van der Waals surface area contributed by atoms with Crippen LogP contribution in [0.1, 0.15) is 38.0 Å². The third-order valence-corrected chi connectivity index (χ3v) is 8.55. The van der Waals surface area contributed by atoms with Crippen LogP contribution in [0.15, 0.2) is 36.9 Å². The van der Waals surface area contributed by atoms with Gasteiger partial charge in [-0.25, -0.2) is 0 Å². The fourth-order valence-corrected chi connectivity index (χ4v) is 5.05. The van der Waals surface area contributed by atoms with Gasteiger partial charge in [-0.05, 0) is 30.6 Å². The molecule has 0 amide bonds. The van der Waals surface area contributed by atoms with Gasteiger partial charge in [-0.1, -0.05) is 56.7 Å². The Labute approximate surface area is 113 Å². The summed E-state index contributed by atoms with van der Waals surface area (Å²) in [7, 11) is -1.57. The molecule has 0 heterocycles. The average molecular weight is 262 g/mol. The van der Waals surface area contributed by atoms with E-state index in [1.807, 2.05) is 6.08 Å². The second-order valence-electron chi connectivity index (χ2n) is 4.93. The van der Waals surface area contributed by atoms with Crippen LogP contribution in [0.4, 0.5) is 0 Å². The van der Waals surface area contributed by atoms with Gasteiger partial charge in [0.2, 0.25) is 0 Å². The van der Waals surface area contributed by atoms with Crippen LogP contribution in [0.25, 0.3) is 0 Å². The molecule has 0 fully saturated rings. The Balaban J connectivity index is 2.90. The number of aryl methyl sites for hydroxylation is 1. The van der Waals surface area contributed by atoms with E-state index in [0.717, 1.165) is 0 Å². The smallest absolute Gasteiger partial charge is 0.193 e. The van der Waals surface area contributed by atoms with Crippen molar-refractivity contribution >= 4 is 8.32 Å². The molecule has 0 aromatic heterocycles. The molecule has 0 saturated carbocycles. The number of benzene rings is 1. The largest absolute Gasteiger partial charge is 0.407 e. The van der Waals surface area contributed by atoms with Crippen LogP contribution in [-0.2, 0) is 4.43 Å². The van der Waals surface area contributed by atoms with Gasteiger partial charge in [-0.15, -0.1) is 6.58 Å². The Kier molecular flexibility index (Phi) is 5.83. The SMILES string of the molecule is C=CC(O[Si](CC)(CC)CC)c1ccc(C)cc1. The van der Waals surface area contributed by atoms with Gasteiger partial charge in [0.25, 0.3) is 0 Å². The first-order valence-electron chi connectivity index (χ1n) is 6.97. The van der Waals surface area contributed by atoms with Crippen LogP contribution >= 0.6 is 0 Å². The lowest BCUT2D eigenvalue weighted by Gasteiger charge is -2.32. The van der Waals surface area contributed by atoms with Crippen molar-refractivity contribution in [3.63, 3.8) is 0 Å². The summed E-state index contributed by atoms with van der Waals surface area (Å²) in [5.41, 5.74) is 2.51. The van der Waals surface area contributed by atoms with Gasteiger partial charge in [0.05, 0.1) is 6.10 Å². The standard InChI is InChI=1S/C16H26OSi/c1-6-16(15-12-10-14(5)11-13-15)17-18(7-2,8-3)9-4/h6,10-13,16H,1,7-9H2,2-5H3. The van der Waals surface area contributed by atoms with Gasteiger partial charge < -0.3 is 4.43 Å². The van der Waals surface area contributed by atoms with E-state index in [1.165, 1.54) is 29.3 Å². The maximum Gasteiger partial charge on any atom is 0.193 e. The van der Waals surface area contributed by atoms with E-state index in [0.29, 0.717) is 0 Å².